The van der Waals surface area contributed by atoms with Crippen LogP contribution in [0.3, 0.4) is 0 Å². The number of Topliss-reactive ketones (excluding diaryl/α,β-unsaturated/α-hetero) is 1. The van der Waals surface area contributed by atoms with E-state index in [1.54, 1.807) is 0 Å². The minimum absolute atomic E-state index is 0.102. The molecular formula is C63H43N3O2. The highest BCUT2D eigenvalue weighted by molar-refractivity contribution is 6.26. The lowest BCUT2D eigenvalue weighted by atomic mass is 9.62. The number of nitrogens with zero attached hydrogens (tertiary/aromatic N) is 3. The summed E-state index contributed by atoms with van der Waals surface area (Å²) >= 11 is 0. The fraction of sp³-hybridized carbons (Fsp3) is 0.0952. The molecule has 0 spiro atoms. The third kappa shape index (κ3) is 5.91. The second-order valence-corrected chi connectivity index (χ2v) is 18.6. The summed E-state index contributed by atoms with van der Waals surface area (Å²) in [4.78, 5) is 27.2. The minimum Gasteiger partial charge on any atom is -0.456 e. The van der Waals surface area contributed by atoms with E-state index in [1.165, 1.54) is 16.7 Å². The smallest absolute Gasteiger partial charge is 0.172 e. The second kappa shape index (κ2) is 15.3. The van der Waals surface area contributed by atoms with Crippen molar-refractivity contribution in [3.8, 4) is 39.3 Å². The zero-order valence-corrected chi connectivity index (χ0v) is 37.1. The van der Waals surface area contributed by atoms with Crippen LogP contribution in [0.25, 0.3) is 83.1 Å². The van der Waals surface area contributed by atoms with Gasteiger partial charge in [0.05, 0.1) is 39.4 Å². The number of fused-ring (bicyclic) bond motifs is 14. The van der Waals surface area contributed by atoms with E-state index in [4.69, 9.17) is 14.4 Å². The Morgan fingerprint density at radius 2 is 1.22 bits per heavy atom. The minimum atomic E-state index is -0.564. The van der Waals surface area contributed by atoms with Crippen LogP contribution in [0.1, 0.15) is 62.6 Å². The summed E-state index contributed by atoms with van der Waals surface area (Å²) in [6.45, 7) is 0. The topological polar surface area (TPSA) is 60.9 Å². The predicted octanol–water partition coefficient (Wildman–Crippen LogP) is 15.4. The number of carbonyl (C=O) groups is 1. The number of furan rings is 1. The Morgan fingerprint density at radius 3 is 2.00 bits per heavy atom. The van der Waals surface area contributed by atoms with Crippen LogP contribution in [0.2, 0.25) is 0 Å². The highest BCUT2D eigenvalue weighted by Gasteiger charge is 2.43. The van der Waals surface area contributed by atoms with Gasteiger partial charge in [0.25, 0.3) is 0 Å². The zero-order valence-electron chi connectivity index (χ0n) is 37.1. The Labute approximate surface area is 393 Å². The number of para-hydroxylation sites is 2. The Kier molecular flexibility index (Phi) is 8.75. The Balaban J connectivity index is 1.05. The molecular weight excluding hydrogens is 831 g/mol. The summed E-state index contributed by atoms with van der Waals surface area (Å²) in [5.74, 6) is 0.765. The largest absolute Gasteiger partial charge is 0.456 e. The van der Waals surface area contributed by atoms with Gasteiger partial charge >= 0.3 is 0 Å². The van der Waals surface area contributed by atoms with Gasteiger partial charge in [-0.1, -0.05) is 176 Å². The van der Waals surface area contributed by atoms with Gasteiger partial charge < -0.3 is 8.98 Å². The molecule has 0 bridgehead atoms. The van der Waals surface area contributed by atoms with Gasteiger partial charge in [-0.3, -0.25) is 4.79 Å². The number of allylic oxidation sites excluding steroid dienone is 4. The number of benzene rings is 8. The van der Waals surface area contributed by atoms with E-state index in [2.05, 4.69) is 162 Å². The monoisotopic (exact) mass is 873 g/mol. The van der Waals surface area contributed by atoms with Crippen molar-refractivity contribution in [1.29, 1.82) is 0 Å². The molecule has 0 saturated heterocycles. The van der Waals surface area contributed by atoms with Crippen molar-refractivity contribution in [2.24, 2.45) is 5.92 Å². The summed E-state index contributed by atoms with van der Waals surface area (Å²) in [6, 6.07) is 65.9. The molecule has 3 aliphatic rings. The Hall–Kier alpha value is -8.41. The average molecular weight is 874 g/mol. The maximum Gasteiger partial charge on any atom is 0.172 e. The van der Waals surface area contributed by atoms with Crippen LogP contribution in [0.15, 0.2) is 217 Å². The molecule has 0 saturated carbocycles. The van der Waals surface area contributed by atoms with E-state index < -0.39 is 5.92 Å². The molecule has 4 unspecified atom stereocenters. The van der Waals surface area contributed by atoms with E-state index in [-0.39, 0.29) is 23.5 Å². The molecule has 0 aliphatic heterocycles. The average Bonchev–Trinajstić information content (AvgIpc) is 3.96. The molecule has 322 valence electrons. The van der Waals surface area contributed by atoms with Crippen LogP contribution in [-0.4, -0.2) is 20.3 Å². The van der Waals surface area contributed by atoms with Gasteiger partial charge in [0.2, 0.25) is 0 Å². The molecule has 3 aliphatic carbocycles. The van der Waals surface area contributed by atoms with E-state index >= 15 is 4.79 Å². The molecule has 0 fully saturated rings. The summed E-state index contributed by atoms with van der Waals surface area (Å²) in [5.41, 5.74) is 16.2. The van der Waals surface area contributed by atoms with Gasteiger partial charge in [0.15, 0.2) is 5.78 Å². The van der Waals surface area contributed by atoms with Crippen molar-refractivity contribution in [3.63, 3.8) is 0 Å². The van der Waals surface area contributed by atoms with E-state index in [1.807, 2.05) is 54.6 Å². The number of rotatable bonds is 6. The molecule has 8 aromatic carbocycles. The molecule has 4 atom stereocenters. The molecule has 5 heteroatoms. The fourth-order valence-corrected chi connectivity index (χ4v) is 12.1. The van der Waals surface area contributed by atoms with Crippen molar-refractivity contribution >= 4 is 49.5 Å². The van der Waals surface area contributed by atoms with Crippen molar-refractivity contribution in [2.45, 2.75) is 30.6 Å². The van der Waals surface area contributed by atoms with Gasteiger partial charge in [-0.05, 0) is 82.1 Å². The van der Waals surface area contributed by atoms with Crippen molar-refractivity contribution < 1.29 is 9.21 Å². The lowest BCUT2D eigenvalue weighted by molar-refractivity contribution is 0.0957. The fourth-order valence-electron chi connectivity index (χ4n) is 12.1. The van der Waals surface area contributed by atoms with Gasteiger partial charge in [-0.25, -0.2) is 9.97 Å². The first-order valence-electron chi connectivity index (χ1n) is 23.7. The lowest BCUT2D eigenvalue weighted by Gasteiger charge is -2.41. The number of hydrogen-bond donors (Lipinski definition) is 0. The summed E-state index contributed by atoms with van der Waals surface area (Å²) in [6.07, 6.45) is 10.5. The number of aromatic nitrogens is 3. The highest BCUT2D eigenvalue weighted by atomic mass is 16.3. The molecule has 3 heterocycles. The molecule has 14 rings (SSSR count). The first-order valence-corrected chi connectivity index (χ1v) is 23.7. The van der Waals surface area contributed by atoms with Gasteiger partial charge in [0.1, 0.15) is 17.0 Å². The van der Waals surface area contributed by atoms with Gasteiger partial charge in [-0.15, -0.1) is 0 Å². The standard InChI is InChI=1S/C63H43N3O2/c67-63-49(36-57-64-50(39-19-6-2-7-20-39)37-51(65-57)40-21-8-3-9-22-40)59-43(31-32-45-48(38-17-4-1-5-18-38)35-41-23-10-11-24-42(41)58(45)59)44-33-34-54-61(62(44)63)46-25-12-14-27-52(46)66(54)53-28-16-30-56-60(53)47-26-13-15-29-55(47)68-56/h1-34,37,41-42,48-49H,35-36H2. The van der Waals surface area contributed by atoms with Gasteiger partial charge in [-0.2, -0.15) is 0 Å². The Bertz CT molecular complexity index is 3840. The zero-order chi connectivity index (χ0) is 44.9. The van der Waals surface area contributed by atoms with E-state index in [9.17, 15) is 0 Å². The van der Waals surface area contributed by atoms with Crippen molar-refractivity contribution in [1.82, 2.24) is 14.5 Å². The number of carbonyl (C=O) groups excluding carboxylic acids is 1. The van der Waals surface area contributed by atoms with Crippen LogP contribution in [0.4, 0.5) is 0 Å². The third-order valence-electron chi connectivity index (χ3n) is 14.9. The number of ketones is 1. The summed E-state index contributed by atoms with van der Waals surface area (Å²) < 4.78 is 8.78. The first-order chi connectivity index (χ1) is 33.7. The normalized spacial score (nSPS) is 18.2. The van der Waals surface area contributed by atoms with Crippen LogP contribution in [-0.2, 0) is 6.42 Å². The quantitative estimate of drug-likeness (QED) is 0.167. The first kappa shape index (κ1) is 38.8. The molecule has 68 heavy (non-hydrogen) atoms. The van der Waals surface area contributed by atoms with Crippen molar-refractivity contribution in [2.75, 3.05) is 0 Å². The van der Waals surface area contributed by atoms with Gasteiger partial charge in [0, 0.05) is 51.1 Å². The lowest BCUT2D eigenvalue weighted by Crippen LogP contribution is -2.30. The van der Waals surface area contributed by atoms with Crippen LogP contribution < -0.4 is 0 Å². The molecule has 0 N–H and O–H groups in total. The number of hydrogen-bond acceptors (Lipinski definition) is 4. The SMILES string of the molecule is O=C1c2c(ccc3c2c2ccccc2n3-c2cccc3oc4ccccc4c23)-c2ccc3c(c2C1Cc1nc(-c2ccccc2)cc(-c2ccccc2)n1)C1C=CC=CC1CC3c1ccccc1. The summed E-state index contributed by atoms with van der Waals surface area (Å²) in [7, 11) is 0. The molecule has 0 radical (unpaired) electrons. The molecule has 5 nitrogen and oxygen atoms in total. The maximum atomic E-state index is 16.5. The van der Waals surface area contributed by atoms with E-state index in [0.29, 0.717) is 12.2 Å². The summed E-state index contributed by atoms with van der Waals surface area (Å²) in [5, 5.41) is 4.11. The van der Waals surface area contributed by atoms with Crippen LogP contribution in [0, 0.1) is 5.92 Å². The Morgan fingerprint density at radius 1 is 0.559 bits per heavy atom. The van der Waals surface area contributed by atoms with Crippen LogP contribution >= 0.6 is 0 Å². The molecule has 3 aromatic heterocycles. The maximum absolute atomic E-state index is 16.5. The second-order valence-electron chi connectivity index (χ2n) is 18.6. The van der Waals surface area contributed by atoms with Crippen molar-refractivity contribution in [3.05, 3.63) is 246 Å². The predicted molar refractivity (Wildman–Crippen MR) is 275 cm³/mol. The molecule has 0 amide bonds. The highest BCUT2D eigenvalue weighted by Crippen LogP contribution is 2.56. The van der Waals surface area contributed by atoms with Crippen LogP contribution in [0.5, 0.6) is 0 Å². The molecule has 11 aromatic rings. The third-order valence-corrected chi connectivity index (χ3v) is 14.9. The van der Waals surface area contributed by atoms with E-state index in [0.717, 1.165) is 101 Å².